The molecular formula is C66H44N8. The van der Waals surface area contributed by atoms with Gasteiger partial charge in [0.25, 0.3) is 0 Å². The zero-order valence-corrected chi connectivity index (χ0v) is 40.0. The minimum Gasteiger partial charge on any atom is -0.330 e. The molecule has 1 aliphatic heterocycles. The maximum atomic E-state index is 5.47. The number of fused-ring (bicyclic) bond motifs is 7. The van der Waals surface area contributed by atoms with E-state index in [9.17, 15) is 0 Å². The third-order valence-electron chi connectivity index (χ3n) is 14.0. The molecule has 1 unspecified atom stereocenters. The third-order valence-corrected chi connectivity index (χ3v) is 14.0. The second-order valence-corrected chi connectivity index (χ2v) is 18.5. The SMILES string of the molecule is c1ccc(C2=NC(c3cccc(-c4nc(-c5ccccc5)nc(-c5ccccc5)n4)c3)NC(n3c4ccccc4c4ccc5c6ccccc6n(-c6cccc(-c7cccc(-c8ccccc8)c7)c6)c5c43)=N2)cc1. The van der Waals surface area contributed by atoms with Crippen LogP contribution >= 0.6 is 0 Å². The second kappa shape index (κ2) is 18.0. The standard InChI is InChI=1S/C66H44N8/c1-5-20-43(21-6-1)47-28-17-29-48(40-47)49-30-19-33-52(42-49)73-57-36-15-13-34-53(57)55-38-39-56-54-35-14-16-37-58(54)74(60(56)59(55)73)66-71-63(46-26-11-4-12-27-46)70-65(72-66)51-32-18-31-50(41-51)64-68-61(44-22-7-2-8-23-44)67-62(69-64)45-24-9-3-10-25-45/h1-42,65H,(H,70,71,72). The molecule has 0 amide bonds. The van der Waals surface area contributed by atoms with Crippen molar-refractivity contribution in [1.29, 1.82) is 0 Å². The molecule has 8 nitrogen and oxygen atoms in total. The fourth-order valence-corrected chi connectivity index (χ4v) is 10.5. The van der Waals surface area contributed by atoms with Crippen molar-refractivity contribution < 1.29 is 0 Å². The first-order valence-electron chi connectivity index (χ1n) is 24.9. The molecule has 1 aliphatic rings. The lowest BCUT2D eigenvalue weighted by molar-refractivity contribution is 0.662. The Morgan fingerprint density at radius 3 is 1.39 bits per heavy atom. The van der Waals surface area contributed by atoms with Crippen LogP contribution < -0.4 is 5.32 Å². The number of amidine groups is 1. The van der Waals surface area contributed by atoms with Crippen molar-refractivity contribution in [2.75, 3.05) is 0 Å². The molecule has 0 saturated heterocycles. The van der Waals surface area contributed by atoms with Crippen LogP contribution in [0.2, 0.25) is 0 Å². The smallest absolute Gasteiger partial charge is 0.212 e. The summed E-state index contributed by atoms with van der Waals surface area (Å²) >= 11 is 0. The van der Waals surface area contributed by atoms with Gasteiger partial charge in [0.2, 0.25) is 5.96 Å². The molecule has 0 spiro atoms. The van der Waals surface area contributed by atoms with E-state index in [1.165, 1.54) is 16.5 Å². The highest BCUT2D eigenvalue weighted by molar-refractivity contribution is 6.26. The van der Waals surface area contributed by atoms with Gasteiger partial charge >= 0.3 is 0 Å². The minimum atomic E-state index is -0.536. The van der Waals surface area contributed by atoms with Crippen LogP contribution in [0.1, 0.15) is 17.3 Å². The van der Waals surface area contributed by atoms with E-state index in [-0.39, 0.29) is 0 Å². The van der Waals surface area contributed by atoms with Crippen LogP contribution in [0, 0.1) is 0 Å². The third kappa shape index (κ3) is 7.52. The van der Waals surface area contributed by atoms with Crippen molar-refractivity contribution in [1.82, 2.24) is 29.4 Å². The first-order valence-corrected chi connectivity index (χ1v) is 24.9. The number of rotatable bonds is 8. The van der Waals surface area contributed by atoms with E-state index < -0.39 is 6.17 Å². The number of aromatic nitrogens is 5. The molecule has 0 radical (unpaired) electrons. The van der Waals surface area contributed by atoms with Crippen molar-refractivity contribution in [2.24, 2.45) is 9.98 Å². The summed E-state index contributed by atoms with van der Waals surface area (Å²) in [4.78, 5) is 26.0. The Kier molecular flexibility index (Phi) is 10.4. The highest BCUT2D eigenvalue weighted by Crippen LogP contribution is 2.42. The van der Waals surface area contributed by atoms with E-state index in [1.807, 2.05) is 78.9 Å². The first kappa shape index (κ1) is 42.8. The number of nitrogens with one attached hydrogen (secondary N) is 1. The van der Waals surface area contributed by atoms with Crippen LogP contribution in [-0.2, 0) is 0 Å². The van der Waals surface area contributed by atoms with Crippen molar-refractivity contribution in [3.63, 3.8) is 0 Å². The Labute approximate surface area is 427 Å². The average molecular weight is 949 g/mol. The number of hydrogen-bond acceptors (Lipinski definition) is 6. The van der Waals surface area contributed by atoms with Gasteiger partial charge in [0.05, 0.1) is 22.1 Å². The van der Waals surface area contributed by atoms with E-state index in [1.54, 1.807) is 0 Å². The summed E-state index contributed by atoms with van der Waals surface area (Å²) in [5.41, 5.74) is 14.5. The molecule has 13 aromatic rings. The van der Waals surface area contributed by atoms with Gasteiger partial charge in [-0.05, 0) is 64.2 Å². The summed E-state index contributed by atoms with van der Waals surface area (Å²) in [5, 5.41) is 8.44. The van der Waals surface area contributed by atoms with Gasteiger partial charge in [-0.15, -0.1) is 0 Å². The monoisotopic (exact) mass is 948 g/mol. The van der Waals surface area contributed by atoms with Crippen LogP contribution in [0.3, 0.4) is 0 Å². The predicted octanol–water partition coefficient (Wildman–Crippen LogP) is 15.4. The topological polar surface area (TPSA) is 85.3 Å². The van der Waals surface area contributed by atoms with Gasteiger partial charge in [0, 0.05) is 49.5 Å². The zero-order chi connectivity index (χ0) is 49.0. The highest BCUT2D eigenvalue weighted by Gasteiger charge is 2.27. The summed E-state index contributed by atoms with van der Waals surface area (Å²) in [6, 6.07) is 89.0. The van der Waals surface area contributed by atoms with Gasteiger partial charge in [-0.25, -0.2) is 19.9 Å². The molecule has 8 heteroatoms. The minimum absolute atomic E-state index is 0.536. The van der Waals surface area contributed by atoms with Gasteiger partial charge in [-0.1, -0.05) is 218 Å². The Balaban J connectivity index is 0.952. The lowest BCUT2D eigenvalue weighted by atomic mass is 9.99. The zero-order valence-electron chi connectivity index (χ0n) is 40.0. The van der Waals surface area contributed by atoms with E-state index >= 15 is 0 Å². The number of hydrogen-bond donors (Lipinski definition) is 1. The van der Waals surface area contributed by atoms with E-state index in [4.69, 9.17) is 24.9 Å². The second-order valence-electron chi connectivity index (χ2n) is 18.5. The number of aliphatic imine (C=N–C) groups is 2. The maximum Gasteiger partial charge on any atom is 0.212 e. The Morgan fingerprint density at radius 2 is 0.770 bits per heavy atom. The van der Waals surface area contributed by atoms with Crippen LogP contribution in [0.5, 0.6) is 0 Å². The molecule has 0 bridgehead atoms. The van der Waals surface area contributed by atoms with Gasteiger partial charge in [0.15, 0.2) is 23.3 Å². The first-order chi connectivity index (χ1) is 36.7. The van der Waals surface area contributed by atoms with Crippen LogP contribution in [-0.4, -0.2) is 35.9 Å². The average Bonchev–Trinajstić information content (AvgIpc) is 4.08. The quantitative estimate of drug-likeness (QED) is 0.164. The fraction of sp³-hybridized carbons (Fsp3) is 0.0152. The molecule has 0 fully saturated rings. The van der Waals surface area contributed by atoms with Crippen molar-refractivity contribution in [2.45, 2.75) is 6.17 Å². The lowest BCUT2D eigenvalue weighted by Crippen LogP contribution is -2.37. The van der Waals surface area contributed by atoms with Crippen molar-refractivity contribution in [3.05, 3.63) is 266 Å². The Hall–Kier alpha value is -10.1. The van der Waals surface area contributed by atoms with Gasteiger partial charge in [-0.2, -0.15) is 4.99 Å². The summed E-state index contributed by atoms with van der Waals surface area (Å²) in [5.74, 6) is 3.06. The molecule has 1 atom stereocenters. The lowest BCUT2D eigenvalue weighted by Gasteiger charge is -2.25. The van der Waals surface area contributed by atoms with E-state index in [0.717, 1.165) is 82.9 Å². The van der Waals surface area contributed by atoms with E-state index in [0.29, 0.717) is 29.3 Å². The fourth-order valence-electron chi connectivity index (χ4n) is 10.5. The molecule has 348 valence electrons. The van der Waals surface area contributed by atoms with Gasteiger partial charge in [0.1, 0.15) is 6.17 Å². The Bertz CT molecular complexity index is 4270. The summed E-state index contributed by atoms with van der Waals surface area (Å²) in [6.45, 7) is 0. The van der Waals surface area contributed by atoms with Gasteiger partial charge < -0.3 is 9.88 Å². The molecule has 10 aromatic carbocycles. The van der Waals surface area contributed by atoms with Crippen LogP contribution in [0.25, 0.3) is 106 Å². The summed E-state index contributed by atoms with van der Waals surface area (Å²) < 4.78 is 4.75. The Morgan fingerprint density at radius 1 is 0.324 bits per heavy atom. The summed E-state index contributed by atoms with van der Waals surface area (Å²) in [6.07, 6.45) is -0.536. The largest absolute Gasteiger partial charge is 0.330 e. The van der Waals surface area contributed by atoms with Crippen LogP contribution in [0.4, 0.5) is 0 Å². The molecule has 4 heterocycles. The molecule has 0 aliphatic carbocycles. The number of benzene rings is 10. The predicted molar refractivity (Wildman–Crippen MR) is 302 cm³/mol. The highest BCUT2D eigenvalue weighted by atomic mass is 15.3. The maximum absolute atomic E-state index is 5.47. The summed E-state index contributed by atoms with van der Waals surface area (Å²) in [7, 11) is 0. The van der Waals surface area contributed by atoms with Gasteiger partial charge in [-0.3, -0.25) is 4.57 Å². The van der Waals surface area contributed by atoms with Crippen LogP contribution in [0.15, 0.2) is 265 Å². The molecule has 74 heavy (non-hydrogen) atoms. The molecular weight excluding hydrogens is 905 g/mol. The molecule has 1 N–H and O–H groups in total. The molecule has 0 saturated carbocycles. The molecule has 3 aromatic heterocycles. The van der Waals surface area contributed by atoms with Crippen molar-refractivity contribution in [3.8, 4) is 62.1 Å². The van der Waals surface area contributed by atoms with E-state index in [2.05, 4.69) is 190 Å². The number of para-hydroxylation sites is 2. The molecule has 14 rings (SSSR count). The van der Waals surface area contributed by atoms with Crippen molar-refractivity contribution >= 4 is 55.4 Å². The number of nitrogens with zero attached hydrogens (tertiary/aromatic N) is 7. The normalized spacial score (nSPS) is 13.5.